The summed E-state index contributed by atoms with van der Waals surface area (Å²) in [5, 5.41) is 7.75. The molecule has 1 fully saturated rings. The van der Waals surface area contributed by atoms with Crippen molar-refractivity contribution in [3.05, 3.63) is 5.82 Å². The van der Waals surface area contributed by atoms with E-state index in [1.165, 1.54) is 24.4 Å². The third-order valence-electron chi connectivity index (χ3n) is 2.62. The molecule has 4 nitrogen and oxygen atoms in total. The van der Waals surface area contributed by atoms with E-state index in [0.29, 0.717) is 12.0 Å². The summed E-state index contributed by atoms with van der Waals surface area (Å²) in [6, 6.07) is 0.608. The van der Waals surface area contributed by atoms with Gasteiger partial charge < -0.3 is 10.6 Å². The van der Waals surface area contributed by atoms with E-state index >= 15 is 0 Å². The molecule has 2 N–H and O–H groups in total. The maximum absolute atomic E-state index is 4.44. The molecule has 1 aromatic heterocycles. The van der Waals surface area contributed by atoms with Gasteiger partial charge in [-0.2, -0.15) is 4.37 Å². The van der Waals surface area contributed by atoms with Crippen LogP contribution in [0.5, 0.6) is 0 Å². The summed E-state index contributed by atoms with van der Waals surface area (Å²) in [4.78, 5) is 4.44. The van der Waals surface area contributed by atoms with Crippen LogP contribution in [0.4, 0.5) is 5.13 Å². The Morgan fingerprint density at radius 1 is 1.60 bits per heavy atom. The number of hydrogen-bond acceptors (Lipinski definition) is 5. The Bertz CT molecular complexity index is 304. The van der Waals surface area contributed by atoms with E-state index in [1.54, 1.807) is 0 Å². The summed E-state index contributed by atoms with van der Waals surface area (Å²) in [6.07, 6.45) is 2.56. The molecule has 0 aromatic carbocycles. The van der Waals surface area contributed by atoms with Crippen molar-refractivity contribution in [3.63, 3.8) is 0 Å². The maximum Gasteiger partial charge on any atom is 0.202 e. The van der Waals surface area contributed by atoms with Crippen molar-refractivity contribution in [2.24, 2.45) is 0 Å². The molecule has 0 aliphatic carbocycles. The van der Waals surface area contributed by atoms with Crippen LogP contribution >= 0.6 is 11.5 Å². The van der Waals surface area contributed by atoms with Gasteiger partial charge in [-0.05, 0) is 19.4 Å². The minimum Gasteiger partial charge on any atom is -0.359 e. The molecule has 2 rings (SSSR count). The van der Waals surface area contributed by atoms with Gasteiger partial charge in [0.2, 0.25) is 5.13 Å². The van der Waals surface area contributed by atoms with Gasteiger partial charge in [-0.1, -0.05) is 13.8 Å². The minimum atomic E-state index is 0.418. The Kier molecular flexibility index (Phi) is 3.53. The van der Waals surface area contributed by atoms with Gasteiger partial charge in [0.15, 0.2) is 0 Å². The van der Waals surface area contributed by atoms with Crippen LogP contribution in [0.15, 0.2) is 0 Å². The van der Waals surface area contributed by atoms with E-state index in [-0.39, 0.29) is 0 Å². The molecule has 1 aromatic rings. The van der Waals surface area contributed by atoms with Crippen LogP contribution in [0.1, 0.15) is 38.4 Å². The van der Waals surface area contributed by atoms with Crippen molar-refractivity contribution in [2.75, 3.05) is 18.4 Å². The third kappa shape index (κ3) is 2.89. The normalized spacial score (nSPS) is 21.1. The Morgan fingerprint density at radius 2 is 2.47 bits per heavy atom. The highest BCUT2D eigenvalue weighted by molar-refractivity contribution is 7.09. The number of aromatic nitrogens is 2. The van der Waals surface area contributed by atoms with Gasteiger partial charge in [0.25, 0.3) is 0 Å². The zero-order valence-electron chi connectivity index (χ0n) is 9.29. The minimum absolute atomic E-state index is 0.418. The molecule has 1 atom stereocenters. The summed E-state index contributed by atoms with van der Waals surface area (Å²) in [5.41, 5.74) is 0. The molecule has 2 heterocycles. The van der Waals surface area contributed by atoms with Gasteiger partial charge in [-0.3, -0.25) is 0 Å². The van der Waals surface area contributed by atoms with E-state index in [1.807, 2.05) is 0 Å². The summed E-state index contributed by atoms with van der Waals surface area (Å²) in [5.74, 6) is 1.36. The Hall–Kier alpha value is -0.680. The van der Waals surface area contributed by atoms with E-state index in [4.69, 9.17) is 0 Å². The zero-order valence-corrected chi connectivity index (χ0v) is 10.1. The zero-order chi connectivity index (χ0) is 10.7. The molecule has 0 amide bonds. The number of rotatable bonds is 4. The second kappa shape index (κ2) is 4.90. The van der Waals surface area contributed by atoms with Gasteiger partial charge in [-0.15, -0.1) is 0 Å². The average Bonchev–Trinajstić information content (AvgIpc) is 2.86. The highest BCUT2D eigenvalue weighted by Crippen LogP contribution is 2.17. The van der Waals surface area contributed by atoms with E-state index in [9.17, 15) is 0 Å². The third-order valence-corrected chi connectivity index (χ3v) is 3.31. The standard InChI is InChI=1S/C10H18N4S/c1-7(2)9-13-10(15-14-9)12-6-8-4-3-5-11-8/h7-8,11H,3-6H2,1-2H3,(H,12,13,14). The lowest BCUT2D eigenvalue weighted by atomic mass is 10.2. The van der Waals surface area contributed by atoms with Crippen molar-refractivity contribution in [1.82, 2.24) is 14.7 Å². The summed E-state index contributed by atoms with van der Waals surface area (Å²) < 4.78 is 4.31. The molecule has 1 unspecified atom stereocenters. The molecule has 0 spiro atoms. The lowest BCUT2D eigenvalue weighted by Gasteiger charge is -2.09. The first kappa shape index (κ1) is 10.8. The fraction of sp³-hybridized carbons (Fsp3) is 0.800. The van der Waals surface area contributed by atoms with Crippen molar-refractivity contribution in [2.45, 2.75) is 38.6 Å². The second-order valence-electron chi connectivity index (χ2n) is 4.29. The molecule has 1 aliphatic rings. The van der Waals surface area contributed by atoms with Crippen LogP contribution in [0.3, 0.4) is 0 Å². The molecule has 0 bridgehead atoms. The van der Waals surface area contributed by atoms with E-state index in [0.717, 1.165) is 24.0 Å². The van der Waals surface area contributed by atoms with Crippen LogP contribution in [0.2, 0.25) is 0 Å². The number of hydrogen-bond donors (Lipinski definition) is 2. The molecule has 15 heavy (non-hydrogen) atoms. The van der Waals surface area contributed by atoms with E-state index < -0.39 is 0 Å². The number of nitrogens with zero attached hydrogens (tertiary/aromatic N) is 2. The van der Waals surface area contributed by atoms with Crippen molar-refractivity contribution >= 4 is 16.7 Å². The lowest BCUT2D eigenvalue weighted by molar-refractivity contribution is 0.633. The average molecular weight is 226 g/mol. The van der Waals surface area contributed by atoms with Gasteiger partial charge in [0.1, 0.15) is 5.82 Å². The molecular weight excluding hydrogens is 208 g/mol. The number of nitrogens with one attached hydrogen (secondary N) is 2. The first-order chi connectivity index (χ1) is 7.25. The van der Waals surface area contributed by atoms with Crippen LogP contribution < -0.4 is 10.6 Å². The molecular formula is C10H18N4S. The Balaban J connectivity index is 1.82. The first-order valence-corrected chi connectivity index (χ1v) is 6.34. The van der Waals surface area contributed by atoms with Crippen LogP contribution in [-0.2, 0) is 0 Å². The summed E-state index contributed by atoms with van der Waals surface area (Å²) in [7, 11) is 0. The smallest absolute Gasteiger partial charge is 0.202 e. The fourth-order valence-electron chi connectivity index (χ4n) is 1.68. The molecule has 84 valence electrons. The highest BCUT2D eigenvalue weighted by atomic mass is 32.1. The molecule has 1 saturated heterocycles. The predicted octanol–water partition coefficient (Wildman–Crippen LogP) is 1.83. The topological polar surface area (TPSA) is 49.8 Å². The summed E-state index contributed by atoms with van der Waals surface area (Å²) >= 11 is 1.46. The SMILES string of the molecule is CC(C)c1nsc(NCC2CCCN2)n1. The first-order valence-electron chi connectivity index (χ1n) is 5.56. The highest BCUT2D eigenvalue weighted by Gasteiger charge is 2.14. The molecule has 5 heteroatoms. The largest absolute Gasteiger partial charge is 0.359 e. The quantitative estimate of drug-likeness (QED) is 0.822. The Morgan fingerprint density at radius 3 is 3.07 bits per heavy atom. The Labute approximate surface area is 94.7 Å². The van der Waals surface area contributed by atoms with Crippen molar-refractivity contribution in [1.29, 1.82) is 0 Å². The molecule has 1 aliphatic heterocycles. The van der Waals surface area contributed by atoms with Crippen molar-refractivity contribution in [3.8, 4) is 0 Å². The molecule has 0 saturated carbocycles. The van der Waals surface area contributed by atoms with Gasteiger partial charge in [0, 0.05) is 30.0 Å². The maximum atomic E-state index is 4.44. The fourth-order valence-corrected chi connectivity index (χ4v) is 2.40. The van der Waals surface area contributed by atoms with Gasteiger partial charge in [-0.25, -0.2) is 4.98 Å². The van der Waals surface area contributed by atoms with Crippen molar-refractivity contribution < 1.29 is 0 Å². The monoisotopic (exact) mass is 226 g/mol. The predicted molar refractivity (Wildman–Crippen MR) is 63.5 cm³/mol. The second-order valence-corrected chi connectivity index (χ2v) is 5.04. The number of anilines is 1. The molecule has 0 radical (unpaired) electrons. The van der Waals surface area contributed by atoms with Crippen LogP contribution in [0, 0.1) is 0 Å². The van der Waals surface area contributed by atoms with Gasteiger partial charge in [0.05, 0.1) is 0 Å². The van der Waals surface area contributed by atoms with Gasteiger partial charge >= 0.3 is 0 Å². The lowest BCUT2D eigenvalue weighted by Crippen LogP contribution is -2.29. The van der Waals surface area contributed by atoms with Crippen LogP contribution in [-0.4, -0.2) is 28.5 Å². The van der Waals surface area contributed by atoms with Crippen LogP contribution in [0.25, 0.3) is 0 Å². The van der Waals surface area contributed by atoms with E-state index in [2.05, 4.69) is 33.8 Å². The summed E-state index contributed by atoms with van der Waals surface area (Å²) in [6.45, 7) is 6.35.